The highest BCUT2D eigenvalue weighted by Crippen LogP contribution is 2.23. The number of nitrogen functional groups attached to an aromatic ring is 1. The van der Waals surface area contributed by atoms with Crippen molar-refractivity contribution in [2.45, 2.75) is 26.3 Å². The minimum absolute atomic E-state index is 0.0275. The Balaban J connectivity index is 1.57. The van der Waals surface area contributed by atoms with Gasteiger partial charge in [0.15, 0.2) is 5.78 Å². The van der Waals surface area contributed by atoms with Crippen molar-refractivity contribution >= 4 is 17.5 Å². The number of pyridine rings is 1. The quantitative estimate of drug-likeness (QED) is 0.721. The number of carbonyl (C=O) groups excluding carboxylic acids is 1. The number of hydrogen-bond donors (Lipinski definition) is 1. The first-order valence-electron chi connectivity index (χ1n) is 8.99. The summed E-state index contributed by atoms with van der Waals surface area (Å²) in [7, 11) is 0. The first-order chi connectivity index (χ1) is 13.1. The summed E-state index contributed by atoms with van der Waals surface area (Å²) in [6, 6.07) is 13.6. The molecule has 4 rings (SSSR count). The molecular weight excluding hydrogens is 338 g/mol. The highest BCUT2D eigenvalue weighted by molar-refractivity contribution is 5.96. The van der Waals surface area contributed by atoms with Gasteiger partial charge >= 0.3 is 0 Å². The lowest BCUT2D eigenvalue weighted by atomic mass is 10.0. The number of rotatable bonds is 4. The number of anilines is 2. The van der Waals surface area contributed by atoms with Crippen LogP contribution >= 0.6 is 0 Å². The van der Waals surface area contributed by atoms with E-state index in [1.54, 1.807) is 6.20 Å². The molecule has 136 valence electrons. The van der Waals surface area contributed by atoms with Gasteiger partial charge in [0.25, 0.3) is 0 Å². The fraction of sp³-hybridized carbons (Fsp3) is 0.238. The fourth-order valence-corrected chi connectivity index (χ4v) is 3.35. The van der Waals surface area contributed by atoms with E-state index < -0.39 is 0 Å². The van der Waals surface area contributed by atoms with Crippen molar-refractivity contribution in [3.8, 4) is 0 Å². The van der Waals surface area contributed by atoms with Crippen molar-refractivity contribution in [1.29, 1.82) is 0 Å². The molecular formula is C21H21N5O. The summed E-state index contributed by atoms with van der Waals surface area (Å²) in [6.07, 6.45) is 2.92. The van der Waals surface area contributed by atoms with Gasteiger partial charge in [0.05, 0.1) is 5.69 Å². The van der Waals surface area contributed by atoms with E-state index in [2.05, 4.69) is 19.9 Å². The number of aryl methyl sites for hydroxylation is 1. The molecule has 6 nitrogen and oxygen atoms in total. The lowest BCUT2D eigenvalue weighted by Gasteiger charge is -2.29. The van der Waals surface area contributed by atoms with Crippen LogP contribution in [0.4, 0.5) is 11.8 Å². The molecule has 0 fully saturated rings. The average Bonchev–Trinajstić information content (AvgIpc) is 2.68. The van der Waals surface area contributed by atoms with Crippen LogP contribution in [0, 0.1) is 6.92 Å². The van der Waals surface area contributed by atoms with Crippen LogP contribution in [0.25, 0.3) is 0 Å². The minimum atomic E-state index is 0.0275. The molecule has 1 aromatic carbocycles. The van der Waals surface area contributed by atoms with E-state index in [-0.39, 0.29) is 5.78 Å². The molecule has 1 aliphatic heterocycles. The number of fused-ring (bicyclic) bond motifs is 1. The standard InChI is InChI=1S/C21H21N5O/c1-14-9-18(19(27)11-15-5-3-2-4-6-15)24-20(10-14)26-8-7-17-16(13-26)12-23-21(22)25-17/h2-6,9-10,12H,7-8,11,13H2,1H3,(H2,22,23,25). The van der Waals surface area contributed by atoms with Gasteiger partial charge in [0, 0.05) is 37.7 Å². The predicted molar refractivity (Wildman–Crippen MR) is 105 cm³/mol. The van der Waals surface area contributed by atoms with Crippen molar-refractivity contribution in [3.05, 3.63) is 76.7 Å². The van der Waals surface area contributed by atoms with Gasteiger partial charge in [-0.3, -0.25) is 4.79 Å². The second kappa shape index (κ2) is 7.15. The van der Waals surface area contributed by atoms with E-state index in [0.717, 1.165) is 41.2 Å². The van der Waals surface area contributed by atoms with Gasteiger partial charge in [-0.2, -0.15) is 0 Å². The molecule has 0 unspecified atom stereocenters. The Morgan fingerprint density at radius 2 is 2.00 bits per heavy atom. The molecule has 0 atom stereocenters. The average molecular weight is 359 g/mol. The van der Waals surface area contributed by atoms with Crippen molar-refractivity contribution in [2.24, 2.45) is 0 Å². The van der Waals surface area contributed by atoms with Crippen LogP contribution in [0.5, 0.6) is 0 Å². The van der Waals surface area contributed by atoms with Gasteiger partial charge < -0.3 is 10.6 Å². The molecule has 27 heavy (non-hydrogen) atoms. The Labute approximate surface area is 158 Å². The van der Waals surface area contributed by atoms with E-state index in [1.165, 1.54) is 0 Å². The fourth-order valence-electron chi connectivity index (χ4n) is 3.35. The topological polar surface area (TPSA) is 85.0 Å². The lowest BCUT2D eigenvalue weighted by molar-refractivity contribution is 0.0988. The van der Waals surface area contributed by atoms with Gasteiger partial charge in [0.2, 0.25) is 5.95 Å². The minimum Gasteiger partial charge on any atom is -0.368 e. The van der Waals surface area contributed by atoms with Crippen LogP contribution in [-0.4, -0.2) is 27.3 Å². The van der Waals surface area contributed by atoms with Crippen LogP contribution in [0.1, 0.15) is 32.9 Å². The summed E-state index contributed by atoms with van der Waals surface area (Å²) < 4.78 is 0. The molecule has 0 aliphatic carbocycles. The van der Waals surface area contributed by atoms with Crippen molar-refractivity contribution in [2.75, 3.05) is 17.2 Å². The summed E-state index contributed by atoms with van der Waals surface area (Å²) in [4.78, 5) is 28.0. The van der Waals surface area contributed by atoms with E-state index in [1.807, 2.05) is 49.4 Å². The Hall–Kier alpha value is -3.28. The van der Waals surface area contributed by atoms with Crippen molar-refractivity contribution in [1.82, 2.24) is 15.0 Å². The molecule has 2 aromatic heterocycles. The molecule has 2 N–H and O–H groups in total. The number of nitrogens with two attached hydrogens (primary N) is 1. The summed E-state index contributed by atoms with van der Waals surface area (Å²) in [6.45, 7) is 3.44. The molecule has 3 heterocycles. The first kappa shape index (κ1) is 17.1. The molecule has 6 heteroatoms. The van der Waals surface area contributed by atoms with E-state index in [4.69, 9.17) is 5.73 Å². The number of benzene rings is 1. The van der Waals surface area contributed by atoms with E-state index in [9.17, 15) is 4.79 Å². The maximum absolute atomic E-state index is 12.7. The van der Waals surface area contributed by atoms with Crippen LogP contribution < -0.4 is 10.6 Å². The van der Waals surface area contributed by atoms with Crippen molar-refractivity contribution < 1.29 is 4.79 Å². The van der Waals surface area contributed by atoms with Gasteiger partial charge in [-0.1, -0.05) is 30.3 Å². The second-order valence-electron chi connectivity index (χ2n) is 6.85. The maximum atomic E-state index is 12.7. The lowest BCUT2D eigenvalue weighted by Crippen LogP contribution is -2.32. The van der Waals surface area contributed by atoms with Gasteiger partial charge in [0.1, 0.15) is 11.5 Å². The van der Waals surface area contributed by atoms with E-state index in [0.29, 0.717) is 24.6 Å². The highest BCUT2D eigenvalue weighted by Gasteiger charge is 2.21. The van der Waals surface area contributed by atoms with Crippen LogP contribution in [0.2, 0.25) is 0 Å². The molecule has 0 saturated carbocycles. The third-order valence-corrected chi connectivity index (χ3v) is 4.73. The Kier molecular flexibility index (Phi) is 4.54. The third-order valence-electron chi connectivity index (χ3n) is 4.73. The summed E-state index contributed by atoms with van der Waals surface area (Å²) >= 11 is 0. The van der Waals surface area contributed by atoms with Crippen molar-refractivity contribution in [3.63, 3.8) is 0 Å². The number of hydrogen-bond acceptors (Lipinski definition) is 6. The van der Waals surface area contributed by atoms with Gasteiger partial charge in [-0.15, -0.1) is 0 Å². The van der Waals surface area contributed by atoms with Gasteiger partial charge in [-0.05, 0) is 30.2 Å². The maximum Gasteiger partial charge on any atom is 0.220 e. The molecule has 0 radical (unpaired) electrons. The Morgan fingerprint density at radius 1 is 1.19 bits per heavy atom. The second-order valence-corrected chi connectivity index (χ2v) is 6.85. The zero-order chi connectivity index (χ0) is 18.8. The normalized spacial score (nSPS) is 13.3. The smallest absolute Gasteiger partial charge is 0.220 e. The third kappa shape index (κ3) is 3.79. The number of aromatic nitrogens is 3. The summed E-state index contributed by atoms with van der Waals surface area (Å²) in [5.41, 5.74) is 10.2. The predicted octanol–water partition coefficient (Wildman–Crippen LogP) is 2.75. The number of Topliss-reactive ketones (excluding diaryl/α,β-unsaturated/α-hetero) is 1. The molecule has 0 saturated heterocycles. The number of ketones is 1. The van der Waals surface area contributed by atoms with Crippen LogP contribution in [0.15, 0.2) is 48.7 Å². The Morgan fingerprint density at radius 3 is 2.81 bits per heavy atom. The summed E-state index contributed by atoms with van der Waals surface area (Å²) in [5, 5.41) is 0. The van der Waals surface area contributed by atoms with Gasteiger partial charge in [-0.25, -0.2) is 15.0 Å². The zero-order valence-electron chi connectivity index (χ0n) is 15.2. The molecule has 0 amide bonds. The molecule has 1 aliphatic rings. The van der Waals surface area contributed by atoms with Crippen LogP contribution in [0.3, 0.4) is 0 Å². The SMILES string of the molecule is Cc1cc(C(=O)Cc2ccccc2)nc(N2CCc3nc(N)ncc3C2)c1. The number of carbonyl (C=O) groups is 1. The number of nitrogens with zero attached hydrogens (tertiary/aromatic N) is 4. The van der Waals surface area contributed by atoms with E-state index >= 15 is 0 Å². The molecule has 0 spiro atoms. The zero-order valence-corrected chi connectivity index (χ0v) is 15.2. The first-order valence-corrected chi connectivity index (χ1v) is 8.99. The monoisotopic (exact) mass is 359 g/mol. The Bertz CT molecular complexity index is 987. The largest absolute Gasteiger partial charge is 0.368 e. The highest BCUT2D eigenvalue weighted by atomic mass is 16.1. The van der Waals surface area contributed by atoms with Crippen LogP contribution in [-0.2, 0) is 19.4 Å². The molecule has 0 bridgehead atoms. The molecule has 3 aromatic rings. The summed E-state index contributed by atoms with van der Waals surface area (Å²) in [5.74, 6) is 1.15.